The van der Waals surface area contributed by atoms with E-state index in [2.05, 4.69) is 43.9 Å². The van der Waals surface area contributed by atoms with Gasteiger partial charge in [-0.2, -0.15) is 5.10 Å². The second-order valence-corrected chi connectivity index (χ2v) is 11.2. The molecule has 1 aliphatic heterocycles. The number of thiazole rings is 1. The molecule has 5 rings (SSSR count). The number of anilines is 1. The molecule has 3 aromatic rings. The molecule has 0 unspecified atom stereocenters. The molecule has 0 aromatic carbocycles. The third kappa shape index (κ3) is 4.45. The molecule has 0 spiro atoms. The minimum absolute atomic E-state index is 0.0850. The van der Waals surface area contributed by atoms with Crippen molar-refractivity contribution in [3.63, 3.8) is 0 Å². The van der Waals surface area contributed by atoms with Crippen molar-refractivity contribution in [1.29, 1.82) is 0 Å². The Balaban J connectivity index is 1.30. The molecule has 184 valence electrons. The van der Waals surface area contributed by atoms with Gasteiger partial charge in [-0.05, 0) is 37.9 Å². The highest BCUT2D eigenvalue weighted by molar-refractivity contribution is 7.09. The number of nitrogens with two attached hydrogens (primary N) is 1. The second kappa shape index (κ2) is 8.80. The van der Waals surface area contributed by atoms with Crippen molar-refractivity contribution in [2.75, 3.05) is 32.9 Å². The average molecular weight is 495 g/mol. The lowest BCUT2D eigenvalue weighted by Gasteiger charge is -2.30. The van der Waals surface area contributed by atoms with Crippen LogP contribution >= 0.6 is 11.3 Å². The highest BCUT2D eigenvalue weighted by Gasteiger charge is 2.38. The predicted molar refractivity (Wildman–Crippen MR) is 133 cm³/mol. The molecule has 3 N–H and O–H groups in total. The lowest BCUT2D eigenvalue weighted by molar-refractivity contribution is -0.129. The average Bonchev–Trinajstić information content (AvgIpc) is 3.54. The number of likely N-dealkylation sites (tertiary alicyclic amines) is 1. The van der Waals surface area contributed by atoms with Gasteiger partial charge in [-0.3, -0.25) is 14.7 Å². The number of carbonyl (C=O) groups is 2. The van der Waals surface area contributed by atoms with Crippen LogP contribution in [0.4, 0.5) is 5.95 Å². The first kappa shape index (κ1) is 23.6. The summed E-state index contributed by atoms with van der Waals surface area (Å²) in [5, 5.41) is 9.96. The predicted octanol–water partition coefficient (Wildman–Crippen LogP) is 1.87. The van der Waals surface area contributed by atoms with Crippen LogP contribution < -0.4 is 5.73 Å². The molecule has 11 heteroatoms. The number of ketones is 1. The van der Waals surface area contributed by atoms with Crippen LogP contribution in [-0.2, 0) is 29.5 Å². The first-order valence-electron chi connectivity index (χ1n) is 11.7. The largest absolute Gasteiger partial charge is 0.368 e. The molecule has 1 atom stereocenters. The third-order valence-corrected chi connectivity index (χ3v) is 7.85. The van der Waals surface area contributed by atoms with E-state index in [4.69, 9.17) is 5.73 Å². The van der Waals surface area contributed by atoms with E-state index >= 15 is 0 Å². The number of hydrogen-bond donors (Lipinski definition) is 2. The fraction of sp³-hybridized carbons (Fsp3) is 0.500. The molecule has 10 nitrogen and oxygen atoms in total. The van der Waals surface area contributed by atoms with Gasteiger partial charge in [-0.25, -0.2) is 15.0 Å². The molecular weight excluding hydrogens is 464 g/mol. The van der Waals surface area contributed by atoms with E-state index in [1.54, 1.807) is 6.20 Å². The van der Waals surface area contributed by atoms with Crippen LogP contribution in [0.25, 0.3) is 11.4 Å². The van der Waals surface area contributed by atoms with E-state index < -0.39 is 0 Å². The van der Waals surface area contributed by atoms with Gasteiger partial charge >= 0.3 is 0 Å². The number of Topliss-reactive ketones (excluding diaryl/α,β-unsaturated/α-hetero) is 1. The number of nitrogens with zero attached hydrogens (tertiary/aromatic N) is 6. The molecule has 2 aliphatic rings. The van der Waals surface area contributed by atoms with E-state index in [9.17, 15) is 9.59 Å². The maximum absolute atomic E-state index is 13.3. The number of rotatable bonds is 6. The van der Waals surface area contributed by atoms with Crippen molar-refractivity contribution in [3.8, 4) is 11.4 Å². The fourth-order valence-electron chi connectivity index (χ4n) is 5.09. The van der Waals surface area contributed by atoms with Crippen molar-refractivity contribution in [2.45, 2.75) is 51.0 Å². The highest BCUT2D eigenvalue weighted by Crippen LogP contribution is 2.43. The summed E-state index contributed by atoms with van der Waals surface area (Å²) in [6.45, 7) is 5.70. The Bertz CT molecular complexity index is 1290. The molecule has 1 aliphatic carbocycles. The summed E-state index contributed by atoms with van der Waals surface area (Å²) >= 11 is 1.41. The van der Waals surface area contributed by atoms with Crippen LogP contribution in [0.3, 0.4) is 0 Å². The molecule has 1 fully saturated rings. The third-order valence-electron chi connectivity index (χ3n) is 6.95. The Kier molecular flexibility index (Phi) is 5.92. The Labute approximate surface area is 208 Å². The Morgan fingerprint density at radius 2 is 2.06 bits per heavy atom. The molecule has 1 saturated heterocycles. The summed E-state index contributed by atoms with van der Waals surface area (Å²) in [7, 11) is 4.09. The van der Waals surface area contributed by atoms with Gasteiger partial charge in [0.2, 0.25) is 11.9 Å². The number of fused-ring (bicyclic) bond motifs is 3. The van der Waals surface area contributed by atoms with Gasteiger partial charge in [0.25, 0.3) is 0 Å². The summed E-state index contributed by atoms with van der Waals surface area (Å²) in [6, 6.07) is 0.405. The molecule has 0 radical (unpaired) electrons. The number of aromatic amines is 1. The van der Waals surface area contributed by atoms with Crippen molar-refractivity contribution in [3.05, 3.63) is 39.1 Å². The number of nitrogens with one attached hydrogen (secondary N) is 1. The maximum Gasteiger partial charge on any atom is 0.228 e. The first-order valence-corrected chi connectivity index (χ1v) is 12.6. The number of carbonyl (C=O) groups excluding carboxylic acids is 2. The number of amides is 1. The van der Waals surface area contributed by atoms with Crippen molar-refractivity contribution < 1.29 is 9.59 Å². The quantitative estimate of drug-likeness (QED) is 0.496. The number of likely N-dealkylation sites (N-methyl/N-ethyl adjacent to an activating group) is 1. The standard InChI is InChI=1S/C24H30N8O2S/c1-24(2)9-13-10-26-23(25)28-20(13)22-19(24)21(29-30-22)16(33)8-17-27-14(12-35-17)7-18(34)32-6-5-15(11-32)31(3)4/h10,12,15H,5-9,11H2,1-4H3,(H,29,30)(H2,25,26,28)/t15-/m1/s1. The minimum Gasteiger partial charge on any atom is -0.368 e. The summed E-state index contributed by atoms with van der Waals surface area (Å²) in [5.41, 5.74) is 9.83. The second-order valence-electron chi connectivity index (χ2n) is 10.2. The van der Waals surface area contributed by atoms with Gasteiger partial charge in [-0.1, -0.05) is 13.8 Å². The van der Waals surface area contributed by atoms with E-state index in [1.807, 2.05) is 24.4 Å². The fourth-order valence-corrected chi connectivity index (χ4v) is 5.88. The topological polar surface area (TPSA) is 134 Å². The molecule has 0 bridgehead atoms. The minimum atomic E-state index is -0.319. The molecular formula is C24H30N8O2S. The van der Waals surface area contributed by atoms with E-state index in [1.165, 1.54) is 11.3 Å². The van der Waals surface area contributed by atoms with Crippen molar-refractivity contribution in [2.24, 2.45) is 0 Å². The van der Waals surface area contributed by atoms with E-state index in [0.717, 1.165) is 30.6 Å². The molecule has 35 heavy (non-hydrogen) atoms. The van der Waals surface area contributed by atoms with Crippen LogP contribution in [0, 0.1) is 0 Å². The van der Waals surface area contributed by atoms with Crippen LogP contribution in [0.15, 0.2) is 11.6 Å². The van der Waals surface area contributed by atoms with Gasteiger partial charge in [0.05, 0.1) is 24.2 Å². The summed E-state index contributed by atoms with van der Waals surface area (Å²) < 4.78 is 0. The molecule has 1 amide bonds. The Hall–Kier alpha value is -3.18. The van der Waals surface area contributed by atoms with Gasteiger partial charge in [0.1, 0.15) is 16.4 Å². The zero-order valence-electron chi connectivity index (χ0n) is 20.5. The van der Waals surface area contributed by atoms with Crippen LogP contribution in [-0.4, -0.2) is 79.9 Å². The van der Waals surface area contributed by atoms with Gasteiger partial charge in [0, 0.05) is 36.3 Å². The molecule has 4 heterocycles. The number of H-pyrrole nitrogens is 1. The number of hydrogen-bond acceptors (Lipinski definition) is 9. The molecule has 0 saturated carbocycles. The maximum atomic E-state index is 13.3. The summed E-state index contributed by atoms with van der Waals surface area (Å²) in [6.07, 6.45) is 3.82. The summed E-state index contributed by atoms with van der Waals surface area (Å²) in [5.74, 6) is 0.182. The smallest absolute Gasteiger partial charge is 0.228 e. The number of nitrogen functional groups attached to an aromatic ring is 1. The zero-order valence-corrected chi connectivity index (χ0v) is 21.3. The zero-order chi connectivity index (χ0) is 24.9. The van der Waals surface area contributed by atoms with Crippen molar-refractivity contribution in [1.82, 2.24) is 34.9 Å². The highest BCUT2D eigenvalue weighted by atomic mass is 32.1. The van der Waals surface area contributed by atoms with Gasteiger partial charge in [0.15, 0.2) is 5.78 Å². The lowest BCUT2D eigenvalue weighted by Crippen LogP contribution is -2.35. The van der Waals surface area contributed by atoms with E-state index in [0.29, 0.717) is 40.2 Å². The van der Waals surface area contributed by atoms with Crippen molar-refractivity contribution >= 4 is 29.0 Å². The SMILES string of the molecule is CN(C)[C@@H]1CCN(C(=O)Cc2csc(CC(=O)c3[nH]nc4c3C(C)(C)Cc3cnc(N)nc3-4)n2)C1. The van der Waals surface area contributed by atoms with Crippen LogP contribution in [0.5, 0.6) is 0 Å². The Morgan fingerprint density at radius 3 is 2.80 bits per heavy atom. The first-order chi connectivity index (χ1) is 16.6. The normalized spacial score (nSPS) is 18.5. The van der Waals surface area contributed by atoms with Gasteiger partial charge in [-0.15, -0.1) is 11.3 Å². The number of aromatic nitrogens is 5. The Morgan fingerprint density at radius 1 is 1.26 bits per heavy atom. The van der Waals surface area contributed by atoms with Gasteiger partial charge < -0.3 is 15.5 Å². The molecule has 3 aromatic heterocycles. The lowest BCUT2D eigenvalue weighted by atomic mass is 9.73. The summed E-state index contributed by atoms with van der Waals surface area (Å²) in [4.78, 5) is 43.2. The van der Waals surface area contributed by atoms with E-state index in [-0.39, 0.29) is 35.9 Å². The van der Waals surface area contributed by atoms with Crippen LogP contribution in [0.1, 0.15) is 52.6 Å². The van der Waals surface area contributed by atoms with Crippen LogP contribution in [0.2, 0.25) is 0 Å². The monoisotopic (exact) mass is 494 g/mol.